The fourth-order valence-electron chi connectivity index (χ4n) is 2.22. The van der Waals surface area contributed by atoms with E-state index in [1.165, 1.54) is 0 Å². The number of rotatable bonds is 10. The van der Waals surface area contributed by atoms with Crippen LogP contribution in [0.1, 0.15) is 26.3 Å². The summed E-state index contributed by atoms with van der Waals surface area (Å²) in [6.07, 6.45) is 0.153. The maximum atomic E-state index is 13.0. The molecule has 1 atom stereocenters. The van der Waals surface area contributed by atoms with E-state index in [1.807, 2.05) is 18.2 Å². The SMILES string of the molecule is CCOC(=O)[C@H](Cc1ccccc1OC)P(=O)(OCC)OCC. The Kier molecular flexibility index (Phi) is 8.31. The van der Waals surface area contributed by atoms with Crippen LogP contribution in [0.25, 0.3) is 0 Å². The molecule has 1 rings (SSSR count). The van der Waals surface area contributed by atoms with E-state index in [1.54, 1.807) is 33.9 Å². The molecule has 0 bridgehead atoms. The number of hydrogen-bond acceptors (Lipinski definition) is 6. The van der Waals surface area contributed by atoms with Crippen molar-refractivity contribution in [1.29, 1.82) is 0 Å². The van der Waals surface area contributed by atoms with Gasteiger partial charge in [-0.1, -0.05) is 18.2 Å². The minimum atomic E-state index is -3.64. The van der Waals surface area contributed by atoms with Crippen LogP contribution in [0.15, 0.2) is 24.3 Å². The number of benzene rings is 1. The van der Waals surface area contributed by atoms with Crippen LogP contribution in [0.4, 0.5) is 0 Å². The van der Waals surface area contributed by atoms with Gasteiger partial charge in [0.05, 0.1) is 26.9 Å². The molecule has 0 saturated heterocycles. The predicted molar refractivity (Wildman–Crippen MR) is 88.0 cm³/mol. The zero-order valence-electron chi connectivity index (χ0n) is 14.1. The molecule has 0 radical (unpaired) electrons. The van der Waals surface area contributed by atoms with Gasteiger partial charge < -0.3 is 18.5 Å². The molecule has 0 heterocycles. The summed E-state index contributed by atoms with van der Waals surface area (Å²) in [5, 5.41) is 0. The molecule has 6 nitrogen and oxygen atoms in total. The first-order chi connectivity index (χ1) is 11.0. The summed E-state index contributed by atoms with van der Waals surface area (Å²) in [4.78, 5) is 12.3. The fourth-order valence-corrected chi connectivity index (χ4v) is 4.13. The highest BCUT2D eigenvalue weighted by atomic mass is 31.2. The number of hydrogen-bond donors (Lipinski definition) is 0. The number of ether oxygens (including phenoxy) is 2. The van der Waals surface area contributed by atoms with Crippen molar-refractivity contribution >= 4 is 13.6 Å². The molecule has 0 spiro atoms. The topological polar surface area (TPSA) is 71.1 Å². The van der Waals surface area contributed by atoms with Crippen molar-refractivity contribution in [3.8, 4) is 5.75 Å². The third-order valence-corrected chi connectivity index (χ3v) is 5.56. The summed E-state index contributed by atoms with van der Waals surface area (Å²) in [5.74, 6) is 0.0185. The highest BCUT2D eigenvalue weighted by Gasteiger charge is 2.42. The summed E-state index contributed by atoms with van der Waals surface area (Å²) in [7, 11) is -2.10. The zero-order valence-corrected chi connectivity index (χ0v) is 15.0. The number of carbonyl (C=O) groups excluding carboxylic acids is 1. The third kappa shape index (κ3) is 5.34. The first-order valence-electron chi connectivity index (χ1n) is 7.69. The smallest absolute Gasteiger partial charge is 0.345 e. The second kappa shape index (κ2) is 9.71. The normalized spacial score (nSPS) is 12.7. The van der Waals surface area contributed by atoms with E-state index >= 15 is 0 Å². The minimum absolute atomic E-state index is 0.153. The molecule has 0 aliphatic carbocycles. The van der Waals surface area contributed by atoms with Gasteiger partial charge in [-0.05, 0) is 32.4 Å². The summed E-state index contributed by atoms with van der Waals surface area (Å²) in [6.45, 7) is 5.66. The second-order valence-electron chi connectivity index (χ2n) is 4.66. The van der Waals surface area contributed by atoms with E-state index in [0.717, 1.165) is 5.56 Å². The van der Waals surface area contributed by atoms with E-state index in [-0.39, 0.29) is 26.2 Å². The molecule has 1 aromatic carbocycles. The standard InChI is InChI=1S/C16H25O6P/c1-5-20-16(17)15(23(18,21-6-2)22-7-3)12-13-10-8-9-11-14(13)19-4/h8-11,15H,5-7,12H2,1-4H3/t15-/m0/s1. The number of carbonyl (C=O) groups is 1. The van der Waals surface area contributed by atoms with E-state index in [4.69, 9.17) is 18.5 Å². The van der Waals surface area contributed by atoms with E-state index in [9.17, 15) is 9.36 Å². The quantitative estimate of drug-likeness (QED) is 0.478. The van der Waals surface area contributed by atoms with Gasteiger partial charge >= 0.3 is 13.6 Å². The molecule has 1 aromatic rings. The van der Waals surface area contributed by atoms with Gasteiger partial charge in [-0.3, -0.25) is 9.36 Å². The van der Waals surface area contributed by atoms with Gasteiger partial charge in [0, 0.05) is 6.42 Å². The van der Waals surface area contributed by atoms with Gasteiger partial charge in [-0.25, -0.2) is 0 Å². The summed E-state index contributed by atoms with van der Waals surface area (Å²) in [6, 6.07) is 7.25. The lowest BCUT2D eigenvalue weighted by Gasteiger charge is -2.25. The molecule has 0 fully saturated rings. The van der Waals surface area contributed by atoms with Gasteiger partial charge in [-0.2, -0.15) is 0 Å². The Balaban J connectivity index is 3.18. The molecule has 0 amide bonds. The second-order valence-corrected chi connectivity index (χ2v) is 6.88. The number of methoxy groups -OCH3 is 1. The molecule has 7 heteroatoms. The average Bonchev–Trinajstić information content (AvgIpc) is 2.53. The lowest BCUT2D eigenvalue weighted by Crippen LogP contribution is -2.28. The fraction of sp³-hybridized carbons (Fsp3) is 0.562. The van der Waals surface area contributed by atoms with Gasteiger partial charge in [0.25, 0.3) is 0 Å². The summed E-state index contributed by atoms with van der Waals surface area (Å²) >= 11 is 0. The summed E-state index contributed by atoms with van der Waals surface area (Å²) in [5.41, 5.74) is -0.286. The van der Waals surface area contributed by atoms with Crippen molar-refractivity contribution in [2.75, 3.05) is 26.9 Å². The molecule has 130 valence electrons. The average molecular weight is 344 g/mol. The monoisotopic (exact) mass is 344 g/mol. The Bertz CT molecular complexity index is 535. The Labute approximate surface area is 137 Å². The largest absolute Gasteiger partial charge is 0.496 e. The van der Waals surface area contributed by atoms with Crippen LogP contribution < -0.4 is 4.74 Å². The highest BCUT2D eigenvalue weighted by molar-refractivity contribution is 7.55. The van der Waals surface area contributed by atoms with Crippen molar-refractivity contribution < 1.29 is 27.9 Å². The lowest BCUT2D eigenvalue weighted by atomic mass is 10.1. The van der Waals surface area contributed by atoms with Gasteiger partial charge in [0.1, 0.15) is 5.75 Å². The Morgan fingerprint density at radius 3 is 2.22 bits per heavy atom. The molecule has 0 saturated carbocycles. The number of esters is 1. The van der Waals surface area contributed by atoms with Gasteiger partial charge in [-0.15, -0.1) is 0 Å². The van der Waals surface area contributed by atoms with Crippen LogP contribution in [-0.4, -0.2) is 38.6 Å². The number of para-hydroxylation sites is 1. The summed E-state index contributed by atoms with van der Waals surface area (Å²) < 4.78 is 34.1. The van der Waals surface area contributed by atoms with Crippen molar-refractivity contribution in [1.82, 2.24) is 0 Å². The molecule has 23 heavy (non-hydrogen) atoms. The van der Waals surface area contributed by atoms with E-state index in [2.05, 4.69) is 0 Å². The third-order valence-electron chi connectivity index (χ3n) is 3.16. The van der Waals surface area contributed by atoms with Crippen molar-refractivity contribution in [3.63, 3.8) is 0 Å². The Hall–Kier alpha value is -1.36. The maximum absolute atomic E-state index is 13.0. The minimum Gasteiger partial charge on any atom is -0.496 e. The van der Waals surface area contributed by atoms with E-state index < -0.39 is 19.2 Å². The molecule has 0 unspecified atom stereocenters. The van der Waals surface area contributed by atoms with Gasteiger partial charge in [0.2, 0.25) is 0 Å². The van der Waals surface area contributed by atoms with Crippen molar-refractivity contribution in [3.05, 3.63) is 29.8 Å². The molecule has 0 aliphatic rings. The zero-order chi connectivity index (χ0) is 17.3. The molecule has 0 N–H and O–H groups in total. The van der Waals surface area contributed by atoms with Crippen LogP contribution in [0, 0.1) is 0 Å². The molecule has 0 aromatic heterocycles. The molecular formula is C16H25O6P. The Morgan fingerprint density at radius 2 is 1.70 bits per heavy atom. The lowest BCUT2D eigenvalue weighted by molar-refractivity contribution is -0.143. The Morgan fingerprint density at radius 1 is 1.09 bits per heavy atom. The van der Waals surface area contributed by atoms with Crippen LogP contribution in [0.3, 0.4) is 0 Å². The van der Waals surface area contributed by atoms with Crippen molar-refractivity contribution in [2.24, 2.45) is 0 Å². The van der Waals surface area contributed by atoms with Crippen LogP contribution in [-0.2, 0) is 29.6 Å². The maximum Gasteiger partial charge on any atom is 0.345 e. The first kappa shape index (κ1) is 19.7. The van der Waals surface area contributed by atoms with Crippen molar-refractivity contribution in [2.45, 2.75) is 32.9 Å². The van der Waals surface area contributed by atoms with E-state index in [0.29, 0.717) is 5.75 Å². The first-order valence-corrected chi connectivity index (χ1v) is 9.30. The molecular weight excluding hydrogens is 319 g/mol. The predicted octanol–water partition coefficient (Wildman–Crippen LogP) is 3.44. The molecule has 0 aliphatic heterocycles. The van der Waals surface area contributed by atoms with Crippen LogP contribution in [0.2, 0.25) is 0 Å². The van der Waals surface area contributed by atoms with Crippen LogP contribution in [0.5, 0.6) is 5.75 Å². The van der Waals surface area contributed by atoms with Gasteiger partial charge in [0.15, 0.2) is 5.66 Å². The van der Waals surface area contributed by atoms with Crippen LogP contribution >= 0.6 is 7.60 Å². The highest BCUT2D eigenvalue weighted by Crippen LogP contribution is 2.54.